The predicted octanol–water partition coefficient (Wildman–Crippen LogP) is 1.52. The van der Waals surface area contributed by atoms with Crippen LogP contribution in [-0.4, -0.2) is 59.5 Å². The molecule has 1 aromatic heterocycles. The molecule has 3 atom stereocenters. The van der Waals surface area contributed by atoms with Gasteiger partial charge in [0.2, 0.25) is 5.91 Å². The van der Waals surface area contributed by atoms with E-state index >= 15 is 0 Å². The van der Waals surface area contributed by atoms with Crippen molar-refractivity contribution in [2.24, 2.45) is 0 Å². The second-order valence-electron chi connectivity index (χ2n) is 6.13. The lowest BCUT2D eigenvalue weighted by Crippen LogP contribution is -2.54. The Hall–Kier alpha value is -1.82. The van der Waals surface area contributed by atoms with E-state index in [9.17, 15) is 9.59 Å². The van der Waals surface area contributed by atoms with Crippen molar-refractivity contribution in [3.05, 3.63) is 24.2 Å². The zero-order valence-electron chi connectivity index (χ0n) is 13.0. The fourth-order valence-corrected chi connectivity index (χ4v) is 3.38. The lowest BCUT2D eigenvalue weighted by molar-refractivity contribution is -0.147. The number of hydrogen-bond donors (Lipinski definition) is 0. The number of morpholine rings is 1. The zero-order valence-corrected chi connectivity index (χ0v) is 13.0. The summed E-state index contributed by atoms with van der Waals surface area (Å²) in [5.74, 6) is 0.123. The summed E-state index contributed by atoms with van der Waals surface area (Å²) in [6.45, 7) is 5.71. The first-order valence-electron chi connectivity index (χ1n) is 7.85. The van der Waals surface area contributed by atoms with Crippen molar-refractivity contribution in [1.82, 2.24) is 9.80 Å². The van der Waals surface area contributed by atoms with Gasteiger partial charge in [-0.3, -0.25) is 9.59 Å². The standard InChI is InChI=1S/C16H22N2O4/c1-11-9-17(10-12(2)22-11)15(19)13-5-3-7-18(13)16(20)14-6-4-8-21-14/h4,6,8,11-13H,3,5,7,9-10H2,1-2H3/t11-,12+,13-/m1/s1. The van der Waals surface area contributed by atoms with E-state index in [0.717, 1.165) is 6.42 Å². The normalized spacial score (nSPS) is 28.9. The van der Waals surface area contributed by atoms with Crippen LogP contribution in [0.3, 0.4) is 0 Å². The van der Waals surface area contributed by atoms with Crippen LogP contribution < -0.4 is 0 Å². The van der Waals surface area contributed by atoms with E-state index in [4.69, 9.17) is 9.15 Å². The SMILES string of the molecule is C[C@@H]1CN(C(=O)[C@H]2CCCN2C(=O)c2ccco2)C[C@H](C)O1. The quantitative estimate of drug-likeness (QED) is 0.831. The van der Waals surface area contributed by atoms with Gasteiger partial charge in [-0.15, -0.1) is 0 Å². The fourth-order valence-electron chi connectivity index (χ4n) is 3.38. The van der Waals surface area contributed by atoms with Gasteiger partial charge in [0, 0.05) is 19.6 Å². The number of likely N-dealkylation sites (tertiary alicyclic amines) is 1. The lowest BCUT2D eigenvalue weighted by atomic mass is 10.1. The summed E-state index contributed by atoms with van der Waals surface area (Å²) < 4.78 is 10.9. The van der Waals surface area contributed by atoms with E-state index in [1.54, 1.807) is 17.0 Å². The van der Waals surface area contributed by atoms with Gasteiger partial charge in [0.05, 0.1) is 18.5 Å². The van der Waals surface area contributed by atoms with E-state index < -0.39 is 0 Å². The highest BCUT2D eigenvalue weighted by molar-refractivity contribution is 5.96. The van der Waals surface area contributed by atoms with E-state index in [1.807, 2.05) is 18.7 Å². The molecule has 0 unspecified atom stereocenters. The first-order chi connectivity index (χ1) is 10.6. The second-order valence-corrected chi connectivity index (χ2v) is 6.13. The third-order valence-corrected chi connectivity index (χ3v) is 4.26. The maximum atomic E-state index is 12.8. The average molecular weight is 306 g/mol. The third-order valence-electron chi connectivity index (χ3n) is 4.26. The van der Waals surface area contributed by atoms with Crippen LogP contribution in [0.2, 0.25) is 0 Å². The predicted molar refractivity (Wildman–Crippen MR) is 79.4 cm³/mol. The molecule has 22 heavy (non-hydrogen) atoms. The van der Waals surface area contributed by atoms with Gasteiger partial charge in [0.1, 0.15) is 6.04 Å². The molecule has 2 aliphatic rings. The number of amides is 2. The van der Waals surface area contributed by atoms with Crippen LogP contribution >= 0.6 is 0 Å². The average Bonchev–Trinajstić information content (AvgIpc) is 3.16. The number of nitrogens with zero attached hydrogens (tertiary/aromatic N) is 2. The van der Waals surface area contributed by atoms with Gasteiger partial charge in [0.15, 0.2) is 5.76 Å². The Labute approximate surface area is 130 Å². The van der Waals surface area contributed by atoms with Crippen LogP contribution in [0, 0.1) is 0 Å². The fraction of sp³-hybridized carbons (Fsp3) is 0.625. The van der Waals surface area contributed by atoms with Crippen molar-refractivity contribution in [1.29, 1.82) is 0 Å². The summed E-state index contributed by atoms with van der Waals surface area (Å²) in [7, 11) is 0. The summed E-state index contributed by atoms with van der Waals surface area (Å²) in [5.41, 5.74) is 0. The van der Waals surface area contributed by atoms with Crippen molar-refractivity contribution in [3.8, 4) is 0 Å². The first-order valence-corrected chi connectivity index (χ1v) is 7.85. The summed E-state index contributed by atoms with van der Waals surface area (Å²) in [6, 6.07) is 2.95. The Balaban J connectivity index is 1.72. The Bertz CT molecular complexity index is 532. The van der Waals surface area contributed by atoms with Gasteiger partial charge < -0.3 is 19.0 Å². The number of hydrogen-bond acceptors (Lipinski definition) is 4. The Morgan fingerprint density at radius 3 is 2.59 bits per heavy atom. The molecule has 0 aliphatic carbocycles. The van der Waals surface area contributed by atoms with Crippen molar-refractivity contribution in [2.75, 3.05) is 19.6 Å². The Morgan fingerprint density at radius 1 is 1.23 bits per heavy atom. The molecule has 3 rings (SSSR count). The molecule has 120 valence electrons. The molecule has 0 N–H and O–H groups in total. The van der Waals surface area contributed by atoms with Gasteiger partial charge in [-0.1, -0.05) is 0 Å². The van der Waals surface area contributed by atoms with Gasteiger partial charge in [-0.2, -0.15) is 0 Å². The molecule has 2 amide bonds. The molecule has 6 nitrogen and oxygen atoms in total. The molecule has 0 bridgehead atoms. The number of ether oxygens (including phenoxy) is 1. The van der Waals surface area contributed by atoms with Crippen LogP contribution in [0.25, 0.3) is 0 Å². The number of carbonyl (C=O) groups excluding carboxylic acids is 2. The summed E-state index contributed by atoms with van der Waals surface area (Å²) in [4.78, 5) is 28.8. The summed E-state index contributed by atoms with van der Waals surface area (Å²) in [6.07, 6.45) is 3.10. The van der Waals surface area contributed by atoms with Crippen LogP contribution in [-0.2, 0) is 9.53 Å². The van der Waals surface area contributed by atoms with Gasteiger partial charge in [-0.25, -0.2) is 0 Å². The van der Waals surface area contributed by atoms with Gasteiger partial charge >= 0.3 is 0 Å². The molecule has 3 heterocycles. The molecule has 0 saturated carbocycles. The van der Waals surface area contributed by atoms with Crippen molar-refractivity contribution < 1.29 is 18.7 Å². The van der Waals surface area contributed by atoms with Crippen LogP contribution in [0.15, 0.2) is 22.8 Å². The van der Waals surface area contributed by atoms with Gasteiger partial charge in [-0.05, 0) is 38.8 Å². The smallest absolute Gasteiger partial charge is 0.290 e. The molecular formula is C16H22N2O4. The summed E-state index contributed by atoms with van der Waals surface area (Å²) in [5, 5.41) is 0. The van der Waals surface area contributed by atoms with Crippen LogP contribution in [0.4, 0.5) is 0 Å². The number of rotatable bonds is 2. The largest absolute Gasteiger partial charge is 0.459 e. The molecule has 2 aliphatic heterocycles. The highest BCUT2D eigenvalue weighted by atomic mass is 16.5. The second kappa shape index (κ2) is 6.12. The third kappa shape index (κ3) is 2.88. The highest BCUT2D eigenvalue weighted by Gasteiger charge is 2.39. The minimum Gasteiger partial charge on any atom is -0.459 e. The van der Waals surface area contributed by atoms with E-state index in [-0.39, 0.29) is 30.1 Å². The first kappa shape index (κ1) is 15.1. The van der Waals surface area contributed by atoms with Gasteiger partial charge in [0.25, 0.3) is 5.91 Å². The van der Waals surface area contributed by atoms with Crippen LogP contribution in [0.1, 0.15) is 37.2 Å². The monoisotopic (exact) mass is 306 g/mol. The minimum absolute atomic E-state index is 0.0272. The number of carbonyl (C=O) groups is 2. The van der Waals surface area contributed by atoms with Crippen molar-refractivity contribution in [2.45, 2.75) is 44.9 Å². The molecule has 2 saturated heterocycles. The maximum absolute atomic E-state index is 12.8. The molecular weight excluding hydrogens is 284 g/mol. The van der Waals surface area contributed by atoms with Crippen molar-refractivity contribution in [3.63, 3.8) is 0 Å². The van der Waals surface area contributed by atoms with E-state index in [2.05, 4.69) is 0 Å². The summed E-state index contributed by atoms with van der Waals surface area (Å²) >= 11 is 0. The zero-order chi connectivity index (χ0) is 15.7. The Kier molecular flexibility index (Phi) is 4.20. The number of furan rings is 1. The molecule has 0 radical (unpaired) electrons. The van der Waals surface area contributed by atoms with E-state index in [0.29, 0.717) is 31.8 Å². The maximum Gasteiger partial charge on any atom is 0.290 e. The highest BCUT2D eigenvalue weighted by Crippen LogP contribution is 2.23. The van der Waals surface area contributed by atoms with E-state index in [1.165, 1.54) is 6.26 Å². The van der Waals surface area contributed by atoms with Crippen molar-refractivity contribution >= 4 is 11.8 Å². The molecule has 6 heteroatoms. The minimum atomic E-state index is -0.380. The molecule has 2 fully saturated rings. The molecule has 1 aromatic rings. The molecule has 0 aromatic carbocycles. The lowest BCUT2D eigenvalue weighted by Gasteiger charge is -2.37. The molecule has 0 spiro atoms. The topological polar surface area (TPSA) is 63.0 Å². The van der Waals surface area contributed by atoms with Crippen LogP contribution in [0.5, 0.6) is 0 Å². The Morgan fingerprint density at radius 2 is 1.95 bits per heavy atom.